The number of amides is 1. The molecule has 2 saturated carbocycles. The number of ether oxygens (including phenoxy) is 1. The van der Waals surface area contributed by atoms with E-state index >= 15 is 0 Å². The van der Waals surface area contributed by atoms with Crippen LogP contribution >= 0.6 is 11.3 Å². The summed E-state index contributed by atoms with van der Waals surface area (Å²) in [7, 11) is 0. The van der Waals surface area contributed by atoms with Crippen molar-refractivity contribution in [3.63, 3.8) is 0 Å². The molecule has 2 aliphatic rings. The zero-order chi connectivity index (χ0) is 29.9. The lowest BCUT2D eigenvalue weighted by Crippen LogP contribution is -2.47. The van der Waals surface area contributed by atoms with Crippen LogP contribution in [-0.4, -0.2) is 45.5 Å². The fraction of sp³-hybridized carbons (Fsp3) is 0.600. The average molecular weight is 592 g/mol. The van der Waals surface area contributed by atoms with Crippen LogP contribution in [-0.2, 0) is 4.79 Å². The molecule has 1 amide bonds. The van der Waals surface area contributed by atoms with Crippen molar-refractivity contribution in [2.45, 2.75) is 97.4 Å². The highest BCUT2D eigenvalue weighted by atomic mass is 32.1. The third-order valence-corrected chi connectivity index (χ3v) is 9.07. The second kappa shape index (κ2) is 12.4. The van der Waals surface area contributed by atoms with Crippen LogP contribution in [0.25, 0.3) is 0 Å². The lowest BCUT2D eigenvalue weighted by atomic mass is 9.81. The molecule has 1 N–H and O–H groups in total. The van der Waals surface area contributed by atoms with Gasteiger partial charge in [-0.15, -0.1) is 16.4 Å². The van der Waals surface area contributed by atoms with E-state index in [1.807, 2.05) is 13.0 Å². The van der Waals surface area contributed by atoms with Gasteiger partial charge in [-0.05, 0) is 90.2 Å². The molecule has 7 nitrogen and oxygen atoms in total. The molecule has 0 atom stereocenters. The summed E-state index contributed by atoms with van der Waals surface area (Å²) in [4.78, 5) is 28.1. The van der Waals surface area contributed by atoms with Gasteiger partial charge in [-0.1, -0.05) is 18.8 Å². The van der Waals surface area contributed by atoms with Gasteiger partial charge in [0, 0.05) is 18.0 Å². The summed E-state index contributed by atoms with van der Waals surface area (Å²) in [6.45, 7) is 5.96. The molecular weight excluding hydrogens is 555 g/mol. The summed E-state index contributed by atoms with van der Waals surface area (Å²) in [6.07, 6.45) is 1.03. The highest BCUT2D eigenvalue weighted by Crippen LogP contribution is 2.40. The number of carboxylic acid groups (broad SMARTS) is 1. The maximum atomic E-state index is 14.0. The Balaban J connectivity index is 1.62. The number of carbonyl (C=O) groups is 2. The number of aromatic carboxylic acids is 1. The average Bonchev–Trinajstić information content (AvgIpc) is 3.34. The number of hydrogen-bond acceptors (Lipinski definition) is 6. The number of halogens is 3. The minimum absolute atomic E-state index is 0.0926. The van der Waals surface area contributed by atoms with Crippen molar-refractivity contribution >= 4 is 28.9 Å². The smallest absolute Gasteiger partial charge is 0.404 e. The first-order valence-corrected chi connectivity index (χ1v) is 14.8. The maximum absolute atomic E-state index is 14.0. The van der Waals surface area contributed by atoms with E-state index in [0.29, 0.717) is 37.5 Å². The van der Waals surface area contributed by atoms with Crippen LogP contribution in [0, 0.1) is 36.0 Å². The topological polar surface area (TPSA) is 92.6 Å². The summed E-state index contributed by atoms with van der Waals surface area (Å²) in [5.74, 6) is 4.16. The van der Waals surface area contributed by atoms with E-state index in [-0.39, 0.29) is 39.4 Å². The monoisotopic (exact) mass is 591 g/mol. The Morgan fingerprint density at radius 3 is 2.27 bits per heavy atom. The van der Waals surface area contributed by atoms with Crippen LogP contribution in [0.3, 0.4) is 0 Å². The number of nitrogens with zero attached hydrogens (tertiary/aromatic N) is 3. The van der Waals surface area contributed by atoms with E-state index in [2.05, 4.69) is 29.0 Å². The molecular formula is C30H36F3N3O4S. The van der Waals surface area contributed by atoms with Crippen molar-refractivity contribution < 1.29 is 32.6 Å². The van der Waals surface area contributed by atoms with E-state index in [0.717, 1.165) is 56.6 Å². The van der Waals surface area contributed by atoms with Gasteiger partial charge >= 0.3 is 12.1 Å². The van der Waals surface area contributed by atoms with Crippen LogP contribution in [0.2, 0.25) is 0 Å². The molecule has 4 rings (SSSR count). The molecule has 0 unspecified atom stereocenters. The first-order chi connectivity index (χ1) is 19.2. The van der Waals surface area contributed by atoms with Crippen molar-refractivity contribution in [3.8, 4) is 17.7 Å². The zero-order valence-corrected chi connectivity index (χ0v) is 24.6. The van der Waals surface area contributed by atoms with Gasteiger partial charge < -0.3 is 14.7 Å². The van der Waals surface area contributed by atoms with E-state index in [9.17, 15) is 27.9 Å². The van der Waals surface area contributed by atoms with E-state index < -0.39 is 17.6 Å². The van der Waals surface area contributed by atoms with Gasteiger partial charge in [-0.3, -0.25) is 4.79 Å². The van der Waals surface area contributed by atoms with Gasteiger partial charge in [0.05, 0.1) is 16.3 Å². The number of anilines is 1. The zero-order valence-electron chi connectivity index (χ0n) is 23.8. The van der Waals surface area contributed by atoms with Gasteiger partial charge in [-0.2, -0.15) is 18.3 Å². The summed E-state index contributed by atoms with van der Waals surface area (Å²) in [5.41, 5.74) is -1.27. The number of alkyl halides is 3. The van der Waals surface area contributed by atoms with Crippen LogP contribution in [0.15, 0.2) is 18.2 Å². The van der Waals surface area contributed by atoms with Crippen molar-refractivity contribution in [3.05, 3.63) is 33.6 Å². The number of carbonyl (C=O) groups excluding carboxylic acids is 1. The summed E-state index contributed by atoms with van der Waals surface area (Å²) < 4.78 is 46.2. The minimum Gasteiger partial charge on any atom is -0.477 e. The summed E-state index contributed by atoms with van der Waals surface area (Å²) >= 11 is 0.805. The SMILES string of the molecule is Cc1ccc(O[C@H]2CC[C@H](N(c3cc(C#CC(C)(C)C(F)(F)F)sc3C(=O)O)C(=O)[C@H]3CC[C@H](C)CC3)CC2)nn1. The minimum atomic E-state index is -4.54. The highest BCUT2D eigenvalue weighted by molar-refractivity contribution is 7.15. The van der Waals surface area contributed by atoms with E-state index in [1.165, 1.54) is 6.07 Å². The van der Waals surface area contributed by atoms with E-state index in [4.69, 9.17) is 4.74 Å². The molecule has 0 aliphatic heterocycles. The molecule has 2 heterocycles. The molecule has 0 aromatic carbocycles. The lowest BCUT2D eigenvalue weighted by Gasteiger charge is -2.39. The van der Waals surface area contributed by atoms with Gasteiger partial charge in [0.2, 0.25) is 11.8 Å². The molecule has 11 heteroatoms. The van der Waals surface area contributed by atoms with Gasteiger partial charge in [0.25, 0.3) is 0 Å². The first kappa shape index (κ1) is 30.8. The molecule has 2 aromatic rings. The van der Waals surface area contributed by atoms with Gasteiger partial charge in [0.1, 0.15) is 16.4 Å². The summed E-state index contributed by atoms with van der Waals surface area (Å²) in [5, 5.41) is 18.1. The number of aryl methyl sites for hydroxylation is 1. The third-order valence-electron chi connectivity index (χ3n) is 8.05. The van der Waals surface area contributed by atoms with Crippen LogP contribution < -0.4 is 9.64 Å². The Bertz CT molecular complexity index is 1300. The van der Waals surface area contributed by atoms with Gasteiger partial charge in [-0.25, -0.2) is 4.79 Å². The Kier molecular flexibility index (Phi) is 9.32. The van der Waals surface area contributed by atoms with Crippen molar-refractivity contribution in [1.29, 1.82) is 0 Å². The van der Waals surface area contributed by atoms with Crippen LogP contribution in [0.4, 0.5) is 18.9 Å². The second-order valence-electron chi connectivity index (χ2n) is 11.7. The molecule has 2 aromatic heterocycles. The fourth-order valence-electron chi connectivity index (χ4n) is 5.30. The molecule has 0 saturated heterocycles. The predicted octanol–water partition coefficient (Wildman–Crippen LogP) is 7.03. The summed E-state index contributed by atoms with van der Waals surface area (Å²) in [6, 6.07) is 4.79. The largest absolute Gasteiger partial charge is 0.477 e. The van der Waals surface area contributed by atoms with Crippen molar-refractivity contribution in [2.24, 2.45) is 17.3 Å². The molecule has 0 bridgehead atoms. The molecule has 2 fully saturated rings. The maximum Gasteiger partial charge on any atom is 0.404 e. The van der Waals surface area contributed by atoms with Gasteiger partial charge in [0.15, 0.2) is 0 Å². The second-order valence-corrected chi connectivity index (χ2v) is 12.8. The molecule has 41 heavy (non-hydrogen) atoms. The number of aromatic nitrogens is 2. The number of thiophene rings is 1. The molecule has 0 radical (unpaired) electrons. The Morgan fingerprint density at radius 1 is 1.05 bits per heavy atom. The third kappa shape index (κ3) is 7.39. The Labute approximate surface area is 242 Å². The van der Waals surface area contributed by atoms with Crippen LogP contribution in [0.5, 0.6) is 5.88 Å². The fourth-order valence-corrected chi connectivity index (χ4v) is 6.15. The lowest BCUT2D eigenvalue weighted by molar-refractivity contribution is -0.190. The number of hydrogen-bond donors (Lipinski definition) is 1. The first-order valence-electron chi connectivity index (χ1n) is 14.0. The van der Waals surface area contributed by atoms with Crippen molar-refractivity contribution in [2.75, 3.05) is 4.90 Å². The number of rotatable bonds is 6. The Morgan fingerprint density at radius 2 is 1.71 bits per heavy atom. The predicted molar refractivity (Wildman–Crippen MR) is 150 cm³/mol. The van der Waals surface area contributed by atoms with E-state index in [1.54, 1.807) is 11.0 Å². The standard InChI is InChI=1S/C30H36F3N3O4S/c1-18-5-8-20(9-6-18)27(37)36(21-10-12-22(13-11-21)40-25-14-7-19(2)34-35-25)24-17-23(41-26(24)28(38)39)15-16-29(3,4)30(31,32)33/h7,14,17-18,20-22H,5-6,8-13H2,1-4H3,(H,38,39)/t18-,20-,21-,22-. The van der Waals surface area contributed by atoms with Crippen molar-refractivity contribution in [1.82, 2.24) is 10.2 Å². The highest BCUT2D eigenvalue weighted by Gasteiger charge is 2.46. The molecule has 0 spiro atoms. The van der Waals surface area contributed by atoms with Crippen LogP contribution in [0.1, 0.15) is 92.4 Å². The molecule has 2 aliphatic carbocycles. The molecule has 222 valence electrons. The quantitative estimate of drug-likeness (QED) is 0.363. The Hall–Kier alpha value is -3.13. The number of carboxylic acids is 1. The normalized spacial score (nSPS) is 23.3.